The van der Waals surface area contributed by atoms with E-state index >= 15 is 0 Å². The second-order valence-corrected chi connectivity index (χ2v) is 10.4. The highest BCUT2D eigenvalue weighted by molar-refractivity contribution is 7.98. The Morgan fingerprint density at radius 1 is 0.892 bits per heavy atom. The normalized spacial score (nSPS) is 11.3. The fraction of sp³-hybridized carbons (Fsp3) is 0.192. The third kappa shape index (κ3) is 7.33. The van der Waals surface area contributed by atoms with Gasteiger partial charge >= 0.3 is 0 Å². The van der Waals surface area contributed by atoms with Gasteiger partial charge in [0.05, 0.1) is 22.9 Å². The number of aryl methyl sites for hydroxylation is 1. The SMILES string of the molecule is CCOc1cc(/C=N/n2c(C)nnc2SCc2ccc(Cl)cc2Cl)ccc1OCc1ccc(Cl)c(Cl)c1. The Bertz CT molecular complexity index is 1430. The number of hydrogen-bond donors (Lipinski definition) is 0. The molecule has 0 aliphatic heterocycles. The molecule has 3 aromatic carbocycles. The topological polar surface area (TPSA) is 61.5 Å². The number of thioether (sulfide) groups is 1. The first-order chi connectivity index (χ1) is 17.8. The average Bonchev–Trinajstić information content (AvgIpc) is 3.23. The van der Waals surface area contributed by atoms with Crippen molar-refractivity contribution in [2.75, 3.05) is 6.61 Å². The van der Waals surface area contributed by atoms with Crippen molar-refractivity contribution < 1.29 is 9.47 Å². The minimum Gasteiger partial charge on any atom is -0.490 e. The Balaban J connectivity index is 1.48. The van der Waals surface area contributed by atoms with Crippen LogP contribution in [-0.4, -0.2) is 27.7 Å². The van der Waals surface area contributed by atoms with Crippen molar-refractivity contribution in [2.24, 2.45) is 5.10 Å². The first kappa shape index (κ1) is 27.6. The number of nitrogens with zero attached hydrogens (tertiary/aromatic N) is 4. The quantitative estimate of drug-likeness (QED) is 0.136. The van der Waals surface area contributed by atoms with Crippen LogP contribution in [0.5, 0.6) is 11.5 Å². The number of hydrogen-bond acceptors (Lipinski definition) is 6. The lowest BCUT2D eigenvalue weighted by molar-refractivity contribution is 0.269. The molecule has 0 atom stereocenters. The van der Waals surface area contributed by atoms with Crippen LogP contribution in [0.15, 0.2) is 64.9 Å². The minimum atomic E-state index is 0.322. The molecule has 0 unspecified atom stereocenters. The summed E-state index contributed by atoms with van der Waals surface area (Å²) in [5.41, 5.74) is 2.68. The zero-order valence-corrected chi connectivity index (χ0v) is 23.8. The van der Waals surface area contributed by atoms with Crippen LogP contribution in [0.2, 0.25) is 20.1 Å². The zero-order chi connectivity index (χ0) is 26.4. The molecule has 0 aliphatic carbocycles. The monoisotopic (exact) mass is 594 g/mol. The van der Waals surface area contributed by atoms with Gasteiger partial charge in [-0.2, -0.15) is 9.78 Å². The van der Waals surface area contributed by atoms with Crippen LogP contribution in [0.3, 0.4) is 0 Å². The van der Waals surface area contributed by atoms with E-state index in [0.29, 0.717) is 61.5 Å². The van der Waals surface area contributed by atoms with Crippen LogP contribution >= 0.6 is 58.2 Å². The maximum atomic E-state index is 6.30. The van der Waals surface area contributed by atoms with Crippen LogP contribution < -0.4 is 9.47 Å². The van der Waals surface area contributed by atoms with Gasteiger partial charge in [0.2, 0.25) is 5.16 Å². The Labute approximate surface area is 239 Å². The van der Waals surface area contributed by atoms with E-state index < -0.39 is 0 Å². The standard InChI is InChI=1S/C26H22Cl4N4O2S/c1-3-35-25-11-17(5-9-24(25)36-14-18-4-8-21(28)23(30)10-18)13-31-34-16(2)32-33-26(34)37-15-19-6-7-20(27)12-22(19)29/h4-13H,3,14-15H2,1-2H3/b31-13+. The summed E-state index contributed by atoms with van der Waals surface area (Å²) in [4.78, 5) is 0. The Morgan fingerprint density at radius 2 is 1.73 bits per heavy atom. The zero-order valence-electron chi connectivity index (χ0n) is 19.9. The van der Waals surface area contributed by atoms with Gasteiger partial charge in [-0.05, 0) is 73.0 Å². The second-order valence-electron chi connectivity index (χ2n) is 7.79. The van der Waals surface area contributed by atoms with Gasteiger partial charge in [-0.3, -0.25) is 0 Å². The molecule has 0 saturated carbocycles. The van der Waals surface area contributed by atoms with Crippen LogP contribution in [0.4, 0.5) is 0 Å². The first-order valence-electron chi connectivity index (χ1n) is 11.2. The molecule has 1 heterocycles. The molecule has 37 heavy (non-hydrogen) atoms. The van der Waals surface area contributed by atoms with E-state index in [4.69, 9.17) is 55.9 Å². The summed E-state index contributed by atoms with van der Waals surface area (Å²) in [7, 11) is 0. The van der Waals surface area contributed by atoms with Gasteiger partial charge in [-0.15, -0.1) is 10.2 Å². The molecule has 192 valence electrons. The second kappa shape index (κ2) is 12.9. The van der Waals surface area contributed by atoms with Gasteiger partial charge < -0.3 is 9.47 Å². The molecule has 0 saturated heterocycles. The van der Waals surface area contributed by atoms with Gasteiger partial charge in [0.15, 0.2) is 17.3 Å². The van der Waals surface area contributed by atoms with Crippen molar-refractivity contribution in [2.45, 2.75) is 31.4 Å². The number of halogens is 4. The van der Waals surface area contributed by atoms with Crippen LogP contribution in [-0.2, 0) is 12.4 Å². The Kier molecular flexibility index (Phi) is 9.62. The number of benzene rings is 3. The maximum absolute atomic E-state index is 6.30. The Hall–Kier alpha value is -2.42. The Morgan fingerprint density at radius 3 is 2.49 bits per heavy atom. The average molecular weight is 596 g/mol. The summed E-state index contributed by atoms with van der Waals surface area (Å²) in [5.74, 6) is 2.48. The van der Waals surface area contributed by atoms with Gasteiger partial charge in [-0.1, -0.05) is 70.3 Å². The molecule has 0 spiro atoms. The predicted octanol–water partition coefficient (Wildman–Crippen LogP) is 8.35. The van der Waals surface area contributed by atoms with E-state index in [1.54, 1.807) is 29.1 Å². The molecule has 4 rings (SSSR count). The molecular formula is C26H22Cl4N4O2S. The molecule has 0 N–H and O–H groups in total. The summed E-state index contributed by atoms with van der Waals surface area (Å²) < 4.78 is 13.5. The summed E-state index contributed by atoms with van der Waals surface area (Å²) in [6.07, 6.45) is 1.72. The largest absolute Gasteiger partial charge is 0.490 e. The van der Waals surface area contributed by atoms with Gasteiger partial charge in [0.25, 0.3) is 0 Å². The fourth-order valence-corrected chi connectivity index (χ4v) is 5.06. The van der Waals surface area contributed by atoms with E-state index in [9.17, 15) is 0 Å². The molecule has 0 bridgehead atoms. The van der Waals surface area contributed by atoms with Crippen molar-refractivity contribution in [3.63, 3.8) is 0 Å². The molecule has 0 aliphatic rings. The van der Waals surface area contributed by atoms with E-state index in [1.807, 2.05) is 50.2 Å². The minimum absolute atomic E-state index is 0.322. The number of aromatic nitrogens is 3. The third-order valence-corrected chi connectivity index (χ3v) is 7.40. The number of rotatable bonds is 10. The molecule has 6 nitrogen and oxygen atoms in total. The van der Waals surface area contributed by atoms with Crippen molar-refractivity contribution in [3.05, 3.63) is 97.2 Å². The molecule has 4 aromatic rings. The predicted molar refractivity (Wildman–Crippen MR) is 152 cm³/mol. The van der Waals surface area contributed by atoms with E-state index in [2.05, 4.69) is 15.3 Å². The molecule has 0 fully saturated rings. The van der Waals surface area contributed by atoms with Crippen LogP contribution in [0.1, 0.15) is 29.4 Å². The van der Waals surface area contributed by atoms with Crippen LogP contribution in [0, 0.1) is 6.92 Å². The highest BCUT2D eigenvalue weighted by atomic mass is 35.5. The van der Waals surface area contributed by atoms with Crippen molar-refractivity contribution in [1.82, 2.24) is 14.9 Å². The highest BCUT2D eigenvalue weighted by Crippen LogP contribution is 2.31. The molecular weight excluding hydrogens is 574 g/mol. The lowest BCUT2D eigenvalue weighted by Gasteiger charge is -2.13. The molecule has 0 radical (unpaired) electrons. The highest BCUT2D eigenvalue weighted by Gasteiger charge is 2.12. The fourth-order valence-electron chi connectivity index (χ4n) is 3.25. The van der Waals surface area contributed by atoms with Gasteiger partial charge in [-0.25, -0.2) is 0 Å². The van der Waals surface area contributed by atoms with Gasteiger partial charge in [0.1, 0.15) is 6.61 Å². The summed E-state index contributed by atoms with van der Waals surface area (Å²) in [6.45, 7) is 4.57. The molecule has 11 heteroatoms. The van der Waals surface area contributed by atoms with E-state index in [0.717, 1.165) is 16.7 Å². The third-order valence-electron chi connectivity index (χ3n) is 5.11. The molecule has 0 amide bonds. The van der Waals surface area contributed by atoms with E-state index in [1.165, 1.54) is 11.8 Å². The summed E-state index contributed by atoms with van der Waals surface area (Å²) in [5, 5.41) is 15.8. The van der Waals surface area contributed by atoms with Crippen molar-refractivity contribution >= 4 is 64.4 Å². The first-order valence-corrected chi connectivity index (χ1v) is 13.7. The summed E-state index contributed by atoms with van der Waals surface area (Å²) >= 11 is 25.9. The lowest BCUT2D eigenvalue weighted by atomic mass is 10.2. The van der Waals surface area contributed by atoms with Crippen molar-refractivity contribution in [3.8, 4) is 11.5 Å². The smallest absolute Gasteiger partial charge is 0.212 e. The van der Waals surface area contributed by atoms with E-state index in [-0.39, 0.29) is 0 Å². The van der Waals surface area contributed by atoms with Crippen molar-refractivity contribution in [1.29, 1.82) is 0 Å². The molecule has 1 aromatic heterocycles. The number of ether oxygens (including phenoxy) is 2. The van der Waals surface area contributed by atoms with Crippen LogP contribution in [0.25, 0.3) is 0 Å². The van der Waals surface area contributed by atoms with Gasteiger partial charge in [0, 0.05) is 15.8 Å². The summed E-state index contributed by atoms with van der Waals surface area (Å²) in [6, 6.07) is 16.4. The maximum Gasteiger partial charge on any atom is 0.212 e. The lowest BCUT2D eigenvalue weighted by Crippen LogP contribution is -2.01.